The zero-order valence-corrected chi connectivity index (χ0v) is 15.0. The zero-order chi connectivity index (χ0) is 18.0. The lowest BCUT2D eigenvalue weighted by Gasteiger charge is -2.15. The molecule has 3 rings (SSSR count). The van der Waals surface area contributed by atoms with Gasteiger partial charge in [0.05, 0.1) is 25.0 Å². The van der Waals surface area contributed by atoms with Crippen LogP contribution in [0.5, 0.6) is 17.2 Å². The van der Waals surface area contributed by atoms with E-state index >= 15 is 0 Å². The highest BCUT2D eigenvalue weighted by molar-refractivity contribution is 6.07. The maximum atomic E-state index is 12.8. The Labute approximate surface area is 147 Å². The lowest BCUT2D eigenvalue weighted by molar-refractivity contribution is 0.102. The number of aryl methyl sites for hydroxylation is 1. The van der Waals surface area contributed by atoms with Crippen molar-refractivity contribution in [2.45, 2.75) is 33.3 Å². The van der Waals surface area contributed by atoms with Gasteiger partial charge in [-0.25, -0.2) is 0 Å². The highest BCUT2D eigenvalue weighted by atomic mass is 16.5. The second-order valence-corrected chi connectivity index (χ2v) is 6.18. The van der Waals surface area contributed by atoms with Gasteiger partial charge in [-0.15, -0.1) is 0 Å². The van der Waals surface area contributed by atoms with Gasteiger partial charge in [-0.3, -0.25) is 4.79 Å². The van der Waals surface area contributed by atoms with Crippen LogP contribution in [0.3, 0.4) is 0 Å². The third kappa shape index (κ3) is 3.55. The van der Waals surface area contributed by atoms with Gasteiger partial charge < -0.3 is 19.5 Å². The van der Waals surface area contributed by atoms with Crippen LogP contribution in [-0.4, -0.2) is 25.7 Å². The summed E-state index contributed by atoms with van der Waals surface area (Å²) in [4.78, 5) is 12.8. The fraction of sp³-hybridized carbons (Fsp3) is 0.350. The number of methoxy groups -OCH3 is 1. The molecule has 132 valence electrons. The summed E-state index contributed by atoms with van der Waals surface area (Å²) in [6.07, 6.45) is 0.974. The third-order valence-corrected chi connectivity index (χ3v) is 4.15. The first kappa shape index (κ1) is 17.1. The molecule has 25 heavy (non-hydrogen) atoms. The summed E-state index contributed by atoms with van der Waals surface area (Å²) in [5, 5.41) is 2.93. The summed E-state index contributed by atoms with van der Waals surface area (Å²) >= 11 is 0. The molecule has 0 radical (unpaired) electrons. The molecule has 1 N–H and O–H groups in total. The average molecular weight is 341 g/mol. The topological polar surface area (TPSA) is 56.8 Å². The highest BCUT2D eigenvalue weighted by Gasteiger charge is 2.23. The standard InChI is InChI=1S/C20H23NO4/c1-5-24-19-10-14-9-13(3)25-18(14)11-16(19)21-20(22)15-8-12(2)6-7-17(15)23-4/h6-8,10-11,13H,5,9H2,1-4H3,(H,21,22)/t13-/m0/s1. The minimum absolute atomic E-state index is 0.132. The number of carbonyl (C=O) groups is 1. The minimum atomic E-state index is -0.243. The van der Waals surface area contributed by atoms with Crippen molar-refractivity contribution >= 4 is 11.6 Å². The minimum Gasteiger partial charge on any atom is -0.496 e. The van der Waals surface area contributed by atoms with E-state index in [9.17, 15) is 4.79 Å². The molecule has 0 bridgehead atoms. The number of anilines is 1. The van der Waals surface area contributed by atoms with Crippen LogP contribution in [0.25, 0.3) is 0 Å². The lowest BCUT2D eigenvalue weighted by Crippen LogP contribution is -2.14. The SMILES string of the molecule is CCOc1cc2c(cc1NC(=O)c1cc(C)ccc1OC)O[C@@H](C)C2. The van der Waals surface area contributed by atoms with Crippen LogP contribution in [0, 0.1) is 6.92 Å². The number of hydrogen-bond donors (Lipinski definition) is 1. The van der Waals surface area contributed by atoms with E-state index in [2.05, 4.69) is 5.32 Å². The zero-order valence-electron chi connectivity index (χ0n) is 15.0. The number of ether oxygens (including phenoxy) is 3. The van der Waals surface area contributed by atoms with Crippen molar-refractivity contribution in [1.82, 2.24) is 0 Å². The van der Waals surface area contributed by atoms with Crippen LogP contribution in [0.4, 0.5) is 5.69 Å². The Morgan fingerprint density at radius 3 is 2.80 bits per heavy atom. The van der Waals surface area contributed by atoms with Crippen molar-refractivity contribution in [3.8, 4) is 17.2 Å². The fourth-order valence-electron chi connectivity index (χ4n) is 3.00. The Hall–Kier alpha value is -2.69. The fourth-order valence-corrected chi connectivity index (χ4v) is 3.00. The van der Waals surface area contributed by atoms with Crippen molar-refractivity contribution in [2.24, 2.45) is 0 Å². The monoisotopic (exact) mass is 341 g/mol. The number of rotatable bonds is 5. The molecule has 1 atom stereocenters. The predicted molar refractivity (Wildman–Crippen MR) is 97.1 cm³/mol. The number of fused-ring (bicyclic) bond motifs is 1. The molecule has 1 heterocycles. The van der Waals surface area contributed by atoms with E-state index in [1.807, 2.05) is 39.0 Å². The van der Waals surface area contributed by atoms with Crippen LogP contribution >= 0.6 is 0 Å². The van der Waals surface area contributed by atoms with Crippen LogP contribution in [0.1, 0.15) is 35.3 Å². The smallest absolute Gasteiger partial charge is 0.259 e. The summed E-state index contributed by atoms with van der Waals surface area (Å²) in [6, 6.07) is 9.29. The molecular weight excluding hydrogens is 318 g/mol. The first-order chi connectivity index (χ1) is 12.0. The van der Waals surface area contributed by atoms with E-state index in [-0.39, 0.29) is 12.0 Å². The van der Waals surface area contributed by atoms with Gasteiger partial charge >= 0.3 is 0 Å². The van der Waals surface area contributed by atoms with E-state index in [1.54, 1.807) is 19.2 Å². The molecule has 0 unspecified atom stereocenters. The van der Waals surface area contributed by atoms with Crippen LogP contribution < -0.4 is 19.5 Å². The number of nitrogens with one attached hydrogen (secondary N) is 1. The van der Waals surface area contributed by atoms with E-state index < -0.39 is 0 Å². The number of carbonyl (C=O) groups excluding carboxylic acids is 1. The largest absolute Gasteiger partial charge is 0.496 e. The second kappa shape index (κ2) is 7.05. The molecule has 2 aromatic rings. The number of hydrogen-bond acceptors (Lipinski definition) is 4. The van der Waals surface area contributed by atoms with Crippen LogP contribution in [0.2, 0.25) is 0 Å². The van der Waals surface area contributed by atoms with Crippen LogP contribution in [-0.2, 0) is 6.42 Å². The first-order valence-electron chi connectivity index (χ1n) is 8.44. The van der Waals surface area contributed by atoms with Gasteiger partial charge in [0.15, 0.2) is 0 Å². The molecule has 5 heteroatoms. The summed E-state index contributed by atoms with van der Waals surface area (Å²) < 4.78 is 16.8. The Morgan fingerprint density at radius 2 is 2.08 bits per heavy atom. The van der Waals surface area contributed by atoms with Gasteiger partial charge in [0, 0.05) is 18.1 Å². The molecule has 0 saturated carbocycles. The Kier molecular flexibility index (Phi) is 4.83. The normalized spacial score (nSPS) is 15.3. The Balaban J connectivity index is 1.93. The van der Waals surface area contributed by atoms with Crippen molar-refractivity contribution in [3.63, 3.8) is 0 Å². The van der Waals surface area contributed by atoms with Gasteiger partial charge in [0.2, 0.25) is 0 Å². The van der Waals surface area contributed by atoms with E-state index in [0.29, 0.717) is 29.4 Å². The van der Waals surface area contributed by atoms with Crippen LogP contribution in [0.15, 0.2) is 30.3 Å². The molecule has 0 fully saturated rings. The van der Waals surface area contributed by atoms with Gasteiger partial charge in [0.1, 0.15) is 23.4 Å². The average Bonchev–Trinajstić information content (AvgIpc) is 2.94. The van der Waals surface area contributed by atoms with E-state index in [0.717, 1.165) is 23.3 Å². The number of benzene rings is 2. The van der Waals surface area contributed by atoms with Crippen molar-refractivity contribution in [3.05, 3.63) is 47.0 Å². The van der Waals surface area contributed by atoms with Crippen molar-refractivity contribution < 1.29 is 19.0 Å². The van der Waals surface area contributed by atoms with Gasteiger partial charge in [-0.05, 0) is 39.0 Å². The summed E-state index contributed by atoms with van der Waals surface area (Å²) in [6.45, 7) is 6.40. The summed E-state index contributed by atoms with van der Waals surface area (Å²) in [5.41, 5.74) is 3.17. The number of amides is 1. The molecule has 0 spiro atoms. The molecule has 5 nitrogen and oxygen atoms in total. The molecule has 0 aliphatic carbocycles. The van der Waals surface area contributed by atoms with Crippen molar-refractivity contribution in [2.75, 3.05) is 19.0 Å². The van der Waals surface area contributed by atoms with Gasteiger partial charge in [-0.2, -0.15) is 0 Å². The third-order valence-electron chi connectivity index (χ3n) is 4.15. The van der Waals surface area contributed by atoms with E-state index in [1.165, 1.54) is 0 Å². The van der Waals surface area contributed by atoms with E-state index in [4.69, 9.17) is 14.2 Å². The molecule has 0 aromatic heterocycles. The maximum Gasteiger partial charge on any atom is 0.259 e. The molecule has 2 aromatic carbocycles. The molecule has 1 amide bonds. The molecular formula is C20H23NO4. The second-order valence-electron chi connectivity index (χ2n) is 6.18. The van der Waals surface area contributed by atoms with Gasteiger partial charge in [0.25, 0.3) is 5.91 Å². The molecule has 1 aliphatic rings. The van der Waals surface area contributed by atoms with Crippen molar-refractivity contribution in [1.29, 1.82) is 0 Å². The Bertz CT molecular complexity index is 801. The molecule has 0 saturated heterocycles. The predicted octanol–water partition coefficient (Wildman–Crippen LogP) is 3.98. The summed E-state index contributed by atoms with van der Waals surface area (Å²) in [5.74, 6) is 1.74. The molecule has 1 aliphatic heterocycles. The Morgan fingerprint density at radius 1 is 1.28 bits per heavy atom. The lowest BCUT2D eigenvalue weighted by atomic mass is 10.1. The first-order valence-corrected chi connectivity index (χ1v) is 8.44. The summed E-state index contributed by atoms with van der Waals surface area (Å²) in [7, 11) is 1.55. The maximum absolute atomic E-state index is 12.8. The highest BCUT2D eigenvalue weighted by Crippen LogP contribution is 2.38. The van der Waals surface area contributed by atoms with Gasteiger partial charge in [-0.1, -0.05) is 11.6 Å². The quantitative estimate of drug-likeness (QED) is 0.894.